The number of aromatic nitrogens is 2. The highest BCUT2D eigenvalue weighted by molar-refractivity contribution is 5.89. The predicted molar refractivity (Wildman–Crippen MR) is 74.9 cm³/mol. The predicted octanol–water partition coefficient (Wildman–Crippen LogP) is 2.53. The number of nitrogens with zero attached hydrogens (tertiary/aromatic N) is 2. The van der Waals surface area contributed by atoms with Gasteiger partial charge in [0, 0.05) is 30.0 Å². The lowest BCUT2D eigenvalue weighted by Gasteiger charge is -2.07. The molecule has 0 atom stereocenters. The van der Waals surface area contributed by atoms with Crippen molar-refractivity contribution in [1.82, 2.24) is 15.1 Å². The maximum Gasteiger partial charge on any atom is 0.319 e. The van der Waals surface area contributed by atoms with E-state index >= 15 is 0 Å². The molecule has 2 rings (SSSR count). The summed E-state index contributed by atoms with van der Waals surface area (Å²) in [6.45, 7) is 5.36. The lowest BCUT2D eigenvalue weighted by Crippen LogP contribution is -2.28. The largest absolute Gasteiger partial charge is 0.334 e. The molecular formula is C14H18N4O. The first-order valence-electron chi connectivity index (χ1n) is 6.32. The number of nitrogens with one attached hydrogen (secondary N) is 2. The van der Waals surface area contributed by atoms with Crippen LogP contribution in [0.25, 0.3) is 0 Å². The van der Waals surface area contributed by atoms with Gasteiger partial charge in [-0.25, -0.2) is 4.79 Å². The van der Waals surface area contributed by atoms with Gasteiger partial charge in [-0.3, -0.25) is 4.68 Å². The Morgan fingerprint density at radius 2 is 2.05 bits per heavy atom. The number of aryl methyl sites for hydroxylation is 1. The average Bonchev–Trinajstić information content (AvgIpc) is 2.78. The van der Waals surface area contributed by atoms with Crippen LogP contribution in [0.15, 0.2) is 36.5 Å². The smallest absolute Gasteiger partial charge is 0.319 e. The normalized spacial score (nSPS) is 10.2. The zero-order chi connectivity index (χ0) is 13.7. The molecule has 0 radical (unpaired) electrons. The van der Waals surface area contributed by atoms with Crippen molar-refractivity contribution in [3.05, 3.63) is 47.8 Å². The van der Waals surface area contributed by atoms with Gasteiger partial charge in [-0.1, -0.05) is 18.2 Å². The van der Waals surface area contributed by atoms with Crippen molar-refractivity contribution in [2.45, 2.75) is 26.9 Å². The van der Waals surface area contributed by atoms with Crippen LogP contribution in [0.5, 0.6) is 0 Å². The SMILES string of the molecule is CCn1ncc(CNC(=O)Nc2ccccc2)c1C. The summed E-state index contributed by atoms with van der Waals surface area (Å²) in [6.07, 6.45) is 1.79. The van der Waals surface area contributed by atoms with Crippen molar-refractivity contribution < 1.29 is 4.79 Å². The van der Waals surface area contributed by atoms with Gasteiger partial charge in [0.15, 0.2) is 0 Å². The minimum absolute atomic E-state index is 0.213. The van der Waals surface area contributed by atoms with Crippen molar-refractivity contribution in [3.8, 4) is 0 Å². The Hall–Kier alpha value is -2.30. The van der Waals surface area contributed by atoms with E-state index in [0.29, 0.717) is 6.54 Å². The Bertz CT molecular complexity index is 548. The number of hydrogen-bond acceptors (Lipinski definition) is 2. The molecule has 1 aromatic carbocycles. The van der Waals surface area contributed by atoms with Crippen molar-refractivity contribution in [2.24, 2.45) is 0 Å². The molecule has 2 amide bonds. The van der Waals surface area contributed by atoms with E-state index in [9.17, 15) is 4.79 Å². The number of amides is 2. The number of benzene rings is 1. The molecule has 100 valence electrons. The summed E-state index contributed by atoms with van der Waals surface area (Å²) >= 11 is 0. The summed E-state index contributed by atoms with van der Waals surface area (Å²) in [7, 11) is 0. The van der Waals surface area contributed by atoms with E-state index in [1.807, 2.05) is 48.9 Å². The number of para-hydroxylation sites is 1. The summed E-state index contributed by atoms with van der Waals surface area (Å²) in [5.74, 6) is 0. The van der Waals surface area contributed by atoms with Crippen LogP contribution in [0.4, 0.5) is 10.5 Å². The van der Waals surface area contributed by atoms with E-state index in [1.165, 1.54) is 0 Å². The molecule has 0 aliphatic carbocycles. The number of carbonyl (C=O) groups excluding carboxylic acids is 1. The third kappa shape index (κ3) is 3.34. The minimum Gasteiger partial charge on any atom is -0.334 e. The molecule has 2 aromatic rings. The Morgan fingerprint density at radius 1 is 1.32 bits per heavy atom. The number of anilines is 1. The molecule has 5 heteroatoms. The van der Waals surface area contributed by atoms with Gasteiger partial charge in [0.2, 0.25) is 0 Å². The first kappa shape index (κ1) is 13.1. The van der Waals surface area contributed by atoms with Crippen LogP contribution < -0.4 is 10.6 Å². The quantitative estimate of drug-likeness (QED) is 0.885. The molecule has 19 heavy (non-hydrogen) atoms. The van der Waals surface area contributed by atoms with Gasteiger partial charge in [0.25, 0.3) is 0 Å². The van der Waals surface area contributed by atoms with Crippen LogP contribution in [0.3, 0.4) is 0 Å². The van der Waals surface area contributed by atoms with Crippen LogP contribution >= 0.6 is 0 Å². The fraction of sp³-hybridized carbons (Fsp3) is 0.286. The molecule has 0 aliphatic rings. The Labute approximate surface area is 112 Å². The molecule has 1 aromatic heterocycles. The van der Waals surface area contributed by atoms with E-state index < -0.39 is 0 Å². The second-order valence-corrected chi connectivity index (χ2v) is 4.24. The van der Waals surface area contributed by atoms with Crippen molar-refractivity contribution in [2.75, 3.05) is 5.32 Å². The molecular weight excluding hydrogens is 240 g/mol. The third-order valence-corrected chi connectivity index (χ3v) is 2.98. The number of hydrogen-bond donors (Lipinski definition) is 2. The van der Waals surface area contributed by atoms with Gasteiger partial charge < -0.3 is 10.6 Å². The molecule has 0 spiro atoms. The summed E-state index contributed by atoms with van der Waals surface area (Å²) in [4.78, 5) is 11.7. The van der Waals surface area contributed by atoms with E-state index in [1.54, 1.807) is 6.20 Å². The Morgan fingerprint density at radius 3 is 2.68 bits per heavy atom. The molecule has 1 heterocycles. The fourth-order valence-electron chi connectivity index (χ4n) is 1.85. The van der Waals surface area contributed by atoms with Gasteiger partial charge in [0.1, 0.15) is 0 Å². The Kier molecular flexibility index (Phi) is 4.18. The number of rotatable bonds is 4. The highest BCUT2D eigenvalue weighted by Gasteiger charge is 2.06. The van der Waals surface area contributed by atoms with Crippen LogP contribution in [-0.2, 0) is 13.1 Å². The summed E-state index contributed by atoms with van der Waals surface area (Å²) in [5, 5.41) is 9.84. The standard InChI is InChI=1S/C14H18N4O/c1-3-18-11(2)12(10-16-18)9-15-14(19)17-13-7-5-4-6-8-13/h4-8,10H,3,9H2,1-2H3,(H2,15,17,19). The van der Waals surface area contributed by atoms with Crippen molar-refractivity contribution in [1.29, 1.82) is 0 Å². The van der Waals surface area contributed by atoms with Gasteiger partial charge in [-0.2, -0.15) is 5.10 Å². The summed E-state index contributed by atoms with van der Waals surface area (Å²) in [5.41, 5.74) is 2.90. The van der Waals surface area contributed by atoms with Crippen LogP contribution in [0.2, 0.25) is 0 Å². The first-order valence-corrected chi connectivity index (χ1v) is 6.32. The van der Waals surface area contributed by atoms with Gasteiger partial charge in [0.05, 0.1) is 6.20 Å². The second kappa shape index (κ2) is 6.04. The van der Waals surface area contributed by atoms with Crippen molar-refractivity contribution >= 4 is 11.7 Å². The number of urea groups is 1. The highest BCUT2D eigenvalue weighted by atomic mass is 16.2. The summed E-state index contributed by atoms with van der Waals surface area (Å²) in [6, 6.07) is 9.15. The Balaban J connectivity index is 1.88. The monoisotopic (exact) mass is 258 g/mol. The molecule has 2 N–H and O–H groups in total. The molecule has 0 unspecified atom stereocenters. The lowest BCUT2D eigenvalue weighted by molar-refractivity contribution is 0.251. The molecule has 5 nitrogen and oxygen atoms in total. The second-order valence-electron chi connectivity index (χ2n) is 4.24. The molecule has 0 fully saturated rings. The summed E-state index contributed by atoms with van der Waals surface area (Å²) < 4.78 is 1.91. The molecule has 0 bridgehead atoms. The van der Waals surface area contributed by atoms with E-state index in [0.717, 1.165) is 23.5 Å². The van der Waals surface area contributed by atoms with E-state index in [-0.39, 0.29) is 6.03 Å². The maximum absolute atomic E-state index is 11.7. The van der Waals surface area contributed by atoms with Crippen LogP contribution in [0, 0.1) is 6.92 Å². The first-order chi connectivity index (χ1) is 9.20. The fourth-order valence-corrected chi connectivity index (χ4v) is 1.85. The van der Waals surface area contributed by atoms with Crippen LogP contribution in [0.1, 0.15) is 18.2 Å². The van der Waals surface area contributed by atoms with E-state index in [2.05, 4.69) is 15.7 Å². The molecule has 0 saturated heterocycles. The molecule has 0 saturated carbocycles. The third-order valence-electron chi connectivity index (χ3n) is 2.98. The zero-order valence-electron chi connectivity index (χ0n) is 11.2. The van der Waals surface area contributed by atoms with Gasteiger partial charge >= 0.3 is 6.03 Å². The zero-order valence-corrected chi connectivity index (χ0v) is 11.2. The van der Waals surface area contributed by atoms with Crippen molar-refractivity contribution in [3.63, 3.8) is 0 Å². The van der Waals surface area contributed by atoms with E-state index in [4.69, 9.17) is 0 Å². The topological polar surface area (TPSA) is 59.0 Å². The van der Waals surface area contributed by atoms with Gasteiger partial charge in [-0.15, -0.1) is 0 Å². The number of carbonyl (C=O) groups is 1. The average molecular weight is 258 g/mol. The van der Waals surface area contributed by atoms with Gasteiger partial charge in [-0.05, 0) is 26.0 Å². The van der Waals surface area contributed by atoms with Crippen LogP contribution in [-0.4, -0.2) is 15.8 Å². The highest BCUT2D eigenvalue weighted by Crippen LogP contribution is 2.07. The lowest BCUT2D eigenvalue weighted by atomic mass is 10.2. The maximum atomic E-state index is 11.7. The molecule has 0 aliphatic heterocycles. The minimum atomic E-state index is -0.213.